The van der Waals surface area contributed by atoms with Gasteiger partial charge in [-0.3, -0.25) is 14.4 Å². The highest BCUT2D eigenvalue weighted by atomic mass is 16.6. The number of rotatable bonds is 56. The van der Waals surface area contributed by atoms with E-state index >= 15 is 0 Å². The molecule has 71 heavy (non-hydrogen) atoms. The molecule has 0 aromatic carbocycles. The molecular formula is C65H116O6. The van der Waals surface area contributed by atoms with Gasteiger partial charge in [-0.1, -0.05) is 268 Å². The van der Waals surface area contributed by atoms with E-state index in [0.29, 0.717) is 19.3 Å². The molecule has 0 aliphatic heterocycles. The second kappa shape index (κ2) is 59.7. The zero-order valence-corrected chi connectivity index (χ0v) is 47.2. The normalized spacial score (nSPS) is 12.4. The van der Waals surface area contributed by atoms with Crippen LogP contribution in [0.4, 0.5) is 0 Å². The van der Waals surface area contributed by atoms with Gasteiger partial charge >= 0.3 is 17.9 Å². The van der Waals surface area contributed by atoms with Crippen LogP contribution in [-0.4, -0.2) is 37.2 Å². The maximum Gasteiger partial charge on any atom is 0.306 e. The van der Waals surface area contributed by atoms with E-state index in [1.165, 1.54) is 186 Å². The second-order valence-electron chi connectivity index (χ2n) is 20.6. The molecule has 0 radical (unpaired) electrons. The van der Waals surface area contributed by atoms with Gasteiger partial charge in [0.1, 0.15) is 13.2 Å². The van der Waals surface area contributed by atoms with Crippen LogP contribution >= 0.6 is 0 Å². The molecule has 0 saturated heterocycles. The van der Waals surface area contributed by atoms with Crippen LogP contribution < -0.4 is 0 Å². The van der Waals surface area contributed by atoms with E-state index in [0.717, 1.165) is 89.9 Å². The lowest BCUT2D eigenvalue weighted by molar-refractivity contribution is -0.167. The molecule has 0 spiro atoms. The van der Waals surface area contributed by atoms with Crippen molar-refractivity contribution in [1.29, 1.82) is 0 Å². The number of carbonyl (C=O) groups is 3. The number of esters is 3. The summed E-state index contributed by atoms with van der Waals surface area (Å²) in [5.74, 6) is -0.911. The molecule has 0 fully saturated rings. The highest BCUT2D eigenvalue weighted by Crippen LogP contribution is 2.16. The third-order valence-corrected chi connectivity index (χ3v) is 13.5. The highest BCUT2D eigenvalue weighted by molar-refractivity contribution is 5.71. The molecule has 6 nitrogen and oxygen atoms in total. The molecular weight excluding hydrogens is 877 g/mol. The fraction of sp³-hybridized carbons (Fsp3) is 0.800. The molecule has 0 amide bonds. The van der Waals surface area contributed by atoms with Gasteiger partial charge in [0, 0.05) is 19.3 Å². The highest BCUT2D eigenvalue weighted by Gasteiger charge is 2.19. The van der Waals surface area contributed by atoms with Crippen LogP contribution in [0.2, 0.25) is 0 Å². The largest absolute Gasteiger partial charge is 0.462 e. The van der Waals surface area contributed by atoms with E-state index in [-0.39, 0.29) is 31.1 Å². The summed E-state index contributed by atoms with van der Waals surface area (Å²) >= 11 is 0. The van der Waals surface area contributed by atoms with Crippen molar-refractivity contribution in [3.63, 3.8) is 0 Å². The van der Waals surface area contributed by atoms with Crippen LogP contribution in [0, 0.1) is 0 Å². The summed E-state index contributed by atoms with van der Waals surface area (Å²) in [6, 6.07) is 0. The molecule has 6 heteroatoms. The summed E-state index contributed by atoms with van der Waals surface area (Å²) < 4.78 is 16.9. The molecule has 412 valence electrons. The predicted molar refractivity (Wildman–Crippen MR) is 307 cm³/mol. The average Bonchev–Trinajstić information content (AvgIpc) is 3.37. The van der Waals surface area contributed by atoms with Crippen LogP contribution in [0.15, 0.2) is 60.8 Å². The molecule has 0 N–H and O–H groups in total. The Kier molecular flexibility index (Phi) is 57.2. The Hall–Kier alpha value is -2.89. The number of allylic oxidation sites excluding steroid dienone is 10. The van der Waals surface area contributed by atoms with Crippen LogP contribution in [0.5, 0.6) is 0 Å². The van der Waals surface area contributed by atoms with E-state index in [4.69, 9.17) is 14.2 Å². The maximum atomic E-state index is 12.9. The zero-order chi connectivity index (χ0) is 51.4. The van der Waals surface area contributed by atoms with Gasteiger partial charge in [0.2, 0.25) is 0 Å². The number of hydrogen-bond acceptors (Lipinski definition) is 6. The summed E-state index contributed by atoms with van der Waals surface area (Å²) in [5.41, 5.74) is 0. The monoisotopic (exact) mass is 993 g/mol. The van der Waals surface area contributed by atoms with Gasteiger partial charge in [-0.05, 0) is 89.9 Å². The summed E-state index contributed by atoms with van der Waals surface area (Å²) in [4.78, 5) is 38.2. The minimum atomic E-state index is -0.793. The lowest BCUT2D eigenvalue weighted by Gasteiger charge is -2.18. The van der Waals surface area contributed by atoms with Gasteiger partial charge in [-0.15, -0.1) is 0 Å². The number of hydrogen-bond donors (Lipinski definition) is 0. The SMILES string of the molecule is CCCCC/C=C\C/C=C\C/C=C\C/C=C\CCCCCC(=O)O[C@H](COC(=O)CCCCCCC/C=C\CCCCCCCC)COC(=O)CCCCCCCCCCCCCCCCCCCCC. The van der Waals surface area contributed by atoms with E-state index in [1.54, 1.807) is 0 Å². The first-order chi connectivity index (χ1) is 35.0. The fourth-order valence-corrected chi connectivity index (χ4v) is 8.83. The maximum absolute atomic E-state index is 12.9. The van der Waals surface area contributed by atoms with Crippen molar-refractivity contribution in [2.45, 2.75) is 322 Å². The molecule has 0 aliphatic rings. The number of carbonyl (C=O) groups excluding carboxylic acids is 3. The zero-order valence-electron chi connectivity index (χ0n) is 47.2. The molecule has 0 heterocycles. The number of unbranched alkanes of at least 4 members (excludes halogenated alkanes) is 35. The summed E-state index contributed by atoms with van der Waals surface area (Å²) in [7, 11) is 0. The van der Waals surface area contributed by atoms with Crippen molar-refractivity contribution in [3.8, 4) is 0 Å². The van der Waals surface area contributed by atoms with Crippen molar-refractivity contribution >= 4 is 17.9 Å². The predicted octanol–water partition coefficient (Wildman–Crippen LogP) is 20.8. The number of ether oxygens (including phenoxy) is 3. The van der Waals surface area contributed by atoms with Gasteiger partial charge in [0.25, 0.3) is 0 Å². The van der Waals surface area contributed by atoms with Crippen molar-refractivity contribution in [2.24, 2.45) is 0 Å². The Labute approximate surface area is 440 Å². The van der Waals surface area contributed by atoms with E-state index in [1.807, 2.05) is 0 Å². The molecule has 0 rings (SSSR count). The molecule has 1 atom stereocenters. The molecule has 0 saturated carbocycles. The van der Waals surface area contributed by atoms with E-state index in [9.17, 15) is 14.4 Å². The Morgan fingerprint density at radius 2 is 0.507 bits per heavy atom. The van der Waals surface area contributed by atoms with Gasteiger partial charge in [-0.25, -0.2) is 0 Å². The Bertz CT molecular complexity index is 1280. The van der Waals surface area contributed by atoms with E-state index in [2.05, 4.69) is 81.5 Å². The molecule has 0 aromatic heterocycles. The summed E-state index contributed by atoms with van der Waals surface area (Å²) in [5, 5.41) is 0. The van der Waals surface area contributed by atoms with E-state index < -0.39 is 6.10 Å². The average molecular weight is 994 g/mol. The van der Waals surface area contributed by atoms with Crippen molar-refractivity contribution in [2.75, 3.05) is 13.2 Å². The first-order valence-electron chi connectivity index (χ1n) is 30.8. The minimum absolute atomic E-state index is 0.0869. The van der Waals surface area contributed by atoms with Crippen molar-refractivity contribution in [1.82, 2.24) is 0 Å². The first kappa shape index (κ1) is 68.1. The van der Waals surface area contributed by atoms with Crippen LogP contribution in [0.3, 0.4) is 0 Å². The second-order valence-corrected chi connectivity index (χ2v) is 20.6. The molecule has 0 bridgehead atoms. The van der Waals surface area contributed by atoms with Gasteiger partial charge in [0.05, 0.1) is 0 Å². The Balaban J connectivity index is 4.41. The van der Waals surface area contributed by atoms with Crippen LogP contribution in [-0.2, 0) is 28.6 Å². The van der Waals surface area contributed by atoms with Crippen molar-refractivity contribution < 1.29 is 28.6 Å². The first-order valence-corrected chi connectivity index (χ1v) is 30.8. The van der Waals surface area contributed by atoms with Crippen molar-refractivity contribution in [3.05, 3.63) is 60.8 Å². The smallest absolute Gasteiger partial charge is 0.306 e. The molecule has 0 unspecified atom stereocenters. The van der Waals surface area contributed by atoms with Crippen LogP contribution in [0.1, 0.15) is 316 Å². The molecule has 0 aromatic rings. The lowest BCUT2D eigenvalue weighted by Crippen LogP contribution is -2.30. The van der Waals surface area contributed by atoms with Gasteiger partial charge < -0.3 is 14.2 Å². The molecule has 0 aliphatic carbocycles. The topological polar surface area (TPSA) is 78.9 Å². The fourth-order valence-electron chi connectivity index (χ4n) is 8.83. The Morgan fingerprint density at radius 1 is 0.282 bits per heavy atom. The van der Waals surface area contributed by atoms with Crippen LogP contribution in [0.25, 0.3) is 0 Å². The third kappa shape index (κ3) is 57.9. The third-order valence-electron chi connectivity index (χ3n) is 13.5. The summed E-state index contributed by atoms with van der Waals surface area (Å²) in [6.45, 7) is 6.61. The van der Waals surface area contributed by atoms with Gasteiger partial charge in [-0.2, -0.15) is 0 Å². The lowest BCUT2D eigenvalue weighted by atomic mass is 10.0. The Morgan fingerprint density at radius 3 is 0.845 bits per heavy atom. The standard InChI is InChI=1S/C65H116O6/c1-4-7-10-13-16-19-22-25-28-30-32-34-37-40-43-46-49-52-55-58-64(67)70-61-62(60-69-63(66)57-54-51-48-45-42-39-36-27-24-21-18-15-12-9-6-3)71-65(68)59-56-53-50-47-44-41-38-35-33-31-29-26-23-20-17-14-11-8-5-2/h17,20,26-27,29,33,35-36,41,44,62H,4-16,18-19,21-25,28,30-32,34,37-40,42-43,45-61H2,1-3H3/b20-17-,29-26-,35-33-,36-27-,44-41-/t62-/m1/s1. The summed E-state index contributed by atoms with van der Waals surface area (Å²) in [6.07, 6.45) is 75.0. The quantitative estimate of drug-likeness (QED) is 0.0261. The minimum Gasteiger partial charge on any atom is -0.462 e. The van der Waals surface area contributed by atoms with Gasteiger partial charge in [0.15, 0.2) is 6.10 Å².